The number of unbranched alkanes of at least 4 members (excludes halogenated alkanes) is 2. The van der Waals surface area contributed by atoms with Crippen LogP contribution in [0.25, 0.3) is 11.2 Å². The number of phenolic OH excluding ortho intramolecular Hbond substituents is 1. The van der Waals surface area contributed by atoms with Crippen molar-refractivity contribution in [2.75, 3.05) is 17.2 Å². The second kappa shape index (κ2) is 10.6. The third-order valence-corrected chi connectivity index (χ3v) is 5.51. The van der Waals surface area contributed by atoms with Crippen LogP contribution in [0.4, 0.5) is 11.8 Å². The second-order valence-corrected chi connectivity index (χ2v) is 8.45. The van der Waals surface area contributed by atoms with Gasteiger partial charge >= 0.3 is 0 Å². The molecule has 2 heterocycles. The van der Waals surface area contributed by atoms with E-state index in [0.717, 1.165) is 31.5 Å². The van der Waals surface area contributed by atoms with Crippen molar-refractivity contribution in [3.8, 4) is 5.75 Å². The maximum Gasteiger partial charge on any atom is 0.227 e. The molecule has 168 valence electrons. The molecule has 0 aliphatic heterocycles. The second-order valence-electron chi connectivity index (χ2n) is 8.02. The Morgan fingerprint density at radius 1 is 1.19 bits per heavy atom. The summed E-state index contributed by atoms with van der Waals surface area (Å²) in [5.74, 6) is 1.35. The van der Waals surface area contributed by atoms with E-state index >= 15 is 0 Å². The van der Waals surface area contributed by atoms with Gasteiger partial charge in [-0.25, -0.2) is 4.98 Å². The number of aliphatic hydroxyl groups excluding tert-OH is 1. The number of nitrogens with zero attached hydrogens (tertiary/aromatic N) is 4. The van der Waals surface area contributed by atoms with Gasteiger partial charge in [-0.05, 0) is 30.5 Å². The van der Waals surface area contributed by atoms with E-state index in [4.69, 9.17) is 11.6 Å². The summed E-state index contributed by atoms with van der Waals surface area (Å²) in [6, 6.07) is 4.76. The Morgan fingerprint density at radius 3 is 2.71 bits per heavy atom. The monoisotopic (exact) mass is 446 g/mol. The van der Waals surface area contributed by atoms with Crippen molar-refractivity contribution >= 4 is 34.5 Å². The predicted octanol–water partition coefficient (Wildman–Crippen LogP) is 4.42. The molecule has 3 aromatic rings. The molecule has 0 amide bonds. The van der Waals surface area contributed by atoms with Crippen LogP contribution in [-0.2, 0) is 13.1 Å². The predicted molar refractivity (Wildman–Crippen MR) is 125 cm³/mol. The minimum Gasteiger partial charge on any atom is -0.508 e. The number of rotatable bonds is 11. The summed E-state index contributed by atoms with van der Waals surface area (Å²) in [4.78, 5) is 13.8. The molecule has 0 saturated heterocycles. The molecule has 0 spiro atoms. The molecule has 31 heavy (non-hydrogen) atoms. The summed E-state index contributed by atoms with van der Waals surface area (Å²) in [6.07, 6.45) is 5.10. The molecule has 0 aliphatic rings. The van der Waals surface area contributed by atoms with E-state index in [9.17, 15) is 10.2 Å². The first-order valence-corrected chi connectivity index (χ1v) is 11.1. The highest BCUT2D eigenvalue weighted by atomic mass is 35.5. The number of fused-ring (bicyclic) bond motifs is 1. The number of nitrogens with one attached hydrogen (secondary N) is 2. The fourth-order valence-corrected chi connectivity index (χ4v) is 3.49. The molecule has 0 radical (unpaired) electrons. The SMILES string of the molecule is CCCCCn1cnc2c(NCc3cc(Cl)ccc3O)nc(NC(CO)C(C)C)nc21. The van der Waals surface area contributed by atoms with Crippen molar-refractivity contribution in [2.45, 2.75) is 59.2 Å². The lowest BCUT2D eigenvalue weighted by molar-refractivity contribution is 0.248. The number of aromatic hydroxyl groups is 1. The zero-order valence-electron chi connectivity index (χ0n) is 18.3. The Labute approximate surface area is 187 Å². The number of aromatic nitrogens is 4. The highest BCUT2D eigenvalue weighted by Crippen LogP contribution is 2.26. The standard InChI is InChI=1S/C22H31ClN6O2/c1-4-5-6-9-29-13-25-19-20(24-11-15-10-16(23)7-8-18(15)31)27-22(28-21(19)29)26-17(12-30)14(2)3/h7-8,10,13-14,17,30-31H,4-6,9,11-12H2,1-3H3,(H2,24,26,27,28). The highest BCUT2D eigenvalue weighted by Gasteiger charge is 2.18. The molecule has 1 atom stereocenters. The molecule has 3 rings (SSSR count). The number of hydrogen-bond acceptors (Lipinski definition) is 7. The van der Waals surface area contributed by atoms with Crippen molar-refractivity contribution in [3.05, 3.63) is 35.1 Å². The van der Waals surface area contributed by atoms with Gasteiger partial charge in [0.2, 0.25) is 5.95 Å². The van der Waals surface area contributed by atoms with Crippen LogP contribution in [0, 0.1) is 5.92 Å². The van der Waals surface area contributed by atoms with Crippen molar-refractivity contribution in [1.82, 2.24) is 19.5 Å². The normalized spacial score (nSPS) is 12.5. The van der Waals surface area contributed by atoms with Gasteiger partial charge in [0.1, 0.15) is 5.75 Å². The summed E-state index contributed by atoms with van der Waals surface area (Å²) in [7, 11) is 0. The molecule has 8 nitrogen and oxygen atoms in total. The van der Waals surface area contributed by atoms with E-state index in [1.54, 1.807) is 24.5 Å². The van der Waals surface area contributed by atoms with Gasteiger partial charge in [0.05, 0.1) is 19.0 Å². The van der Waals surface area contributed by atoms with Crippen LogP contribution in [0.2, 0.25) is 5.02 Å². The smallest absolute Gasteiger partial charge is 0.227 e. The van der Waals surface area contributed by atoms with E-state index in [1.807, 2.05) is 18.4 Å². The average Bonchev–Trinajstić information content (AvgIpc) is 3.15. The van der Waals surface area contributed by atoms with Gasteiger partial charge in [0.25, 0.3) is 0 Å². The minimum atomic E-state index is -0.168. The van der Waals surface area contributed by atoms with Crippen LogP contribution in [-0.4, -0.2) is 42.4 Å². The largest absolute Gasteiger partial charge is 0.508 e. The van der Waals surface area contributed by atoms with Gasteiger partial charge in [0.15, 0.2) is 17.0 Å². The van der Waals surface area contributed by atoms with Crippen molar-refractivity contribution in [2.24, 2.45) is 5.92 Å². The molecule has 1 unspecified atom stereocenters. The molecular formula is C22H31ClN6O2. The van der Waals surface area contributed by atoms with Gasteiger partial charge < -0.3 is 25.4 Å². The zero-order valence-corrected chi connectivity index (χ0v) is 19.0. The van der Waals surface area contributed by atoms with Crippen LogP contribution in [0.1, 0.15) is 45.6 Å². The first kappa shape index (κ1) is 23.1. The summed E-state index contributed by atoms with van der Waals surface area (Å²) < 4.78 is 2.03. The number of imidazole rings is 1. The summed E-state index contributed by atoms with van der Waals surface area (Å²) in [5.41, 5.74) is 2.05. The third-order valence-electron chi connectivity index (χ3n) is 5.27. The number of benzene rings is 1. The number of halogens is 1. The lowest BCUT2D eigenvalue weighted by atomic mass is 10.1. The topological polar surface area (TPSA) is 108 Å². The molecule has 0 aliphatic carbocycles. The molecule has 0 fully saturated rings. The van der Waals surface area contributed by atoms with E-state index in [2.05, 4.69) is 32.5 Å². The van der Waals surface area contributed by atoms with Crippen molar-refractivity contribution in [1.29, 1.82) is 0 Å². The van der Waals surface area contributed by atoms with Gasteiger partial charge in [-0.1, -0.05) is 45.2 Å². The van der Waals surface area contributed by atoms with Crippen LogP contribution in [0.3, 0.4) is 0 Å². The lowest BCUT2D eigenvalue weighted by Crippen LogP contribution is -2.30. The molecule has 1 aromatic carbocycles. The van der Waals surface area contributed by atoms with E-state index in [1.165, 1.54) is 0 Å². The molecule has 0 saturated carbocycles. The fraction of sp³-hybridized carbons (Fsp3) is 0.500. The number of aliphatic hydroxyl groups is 1. The van der Waals surface area contributed by atoms with Crippen LogP contribution in [0.15, 0.2) is 24.5 Å². The van der Waals surface area contributed by atoms with Crippen LogP contribution in [0.5, 0.6) is 5.75 Å². The zero-order chi connectivity index (χ0) is 22.4. The number of phenols is 1. The molecule has 9 heteroatoms. The Hall–Kier alpha value is -2.58. The lowest BCUT2D eigenvalue weighted by Gasteiger charge is -2.20. The van der Waals surface area contributed by atoms with Crippen molar-refractivity contribution < 1.29 is 10.2 Å². The first-order chi connectivity index (χ1) is 14.9. The number of hydrogen-bond donors (Lipinski definition) is 4. The van der Waals surface area contributed by atoms with E-state index in [-0.39, 0.29) is 24.3 Å². The Bertz CT molecular complexity index is 1010. The van der Waals surface area contributed by atoms with Crippen LogP contribution >= 0.6 is 11.6 Å². The Balaban J connectivity index is 1.94. The maximum atomic E-state index is 10.1. The number of aryl methyl sites for hydroxylation is 1. The highest BCUT2D eigenvalue weighted by molar-refractivity contribution is 6.30. The summed E-state index contributed by atoms with van der Waals surface area (Å²) in [6.45, 7) is 7.36. The molecular weight excluding hydrogens is 416 g/mol. The van der Waals surface area contributed by atoms with Gasteiger partial charge in [-0.2, -0.15) is 9.97 Å². The van der Waals surface area contributed by atoms with Gasteiger partial charge in [0, 0.05) is 23.7 Å². The molecule has 4 N–H and O–H groups in total. The van der Waals surface area contributed by atoms with Crippen LogP contribution < -0.4 is 10.6 Å². The third kappa shape index (κ3) is 5.77. The minimum absolute atomic E-state index is 0.0199. The van der Waals surface area contributed by atoms with Gasteiger partial charge in [-0.3, -0.25) is 0 Å². The quantitative estimate of drug-likeness (QED) is 0.323. The average molecular weight is 447 g/mol. The Kier molecular flexibility index (Phi) is 7.92. The first-order valence-electron chi connectivity index (χ1n) is 10.7. The maximum absolute atomic E-state index is 10.1. The van der Waals surface area contributed by atoms with Crippen molar-refractivity contribution in [3.63, 3.8) is 0 Å². The fourth-order valence-electron chi connectivity index (χ4n) is 3.29. The van der Waals surface area contributed by atoms with E-state index in [0.29, 0.717) is 34.4 Å². The molecule has 2 aromatic heterocycles. The van der Waals surface area contributed by atoms with Gasteiger partial charge in [-0.15, -0.1) is 0 Å². The molecule has 0 bridgehead atoms. The Morgan fingerprint density at radius 2 is 2.00 bits per heavy atom. The summed E-state index contributed by atoms with van der Waals surface area (Å²) in [5, 5.41) is 26.9. The number of anilines is 2. The summed E-state index contributed by atoms with van der Waals surface area (Å²) >= 11 is 6.07. The van der Waals surface area contributed by atoms with E-state index < -0.39 is 0 Å².